The number of nitrogens with zero attached hydrogens (tertiary/aromatic N) is 2. The largest absolute Gasteiger partial charge is 0.496 e. The zero-order chi connectivity index (χ0) is 17.8. The summed E-state index contributed by atoms with van der Waals surface area (Å²) in [6, 6.07) is 10.3. The van der Waals surface area contributed by atoms with Gasteiger partial charge in [0.1, 0.15) is 5.75 Å². The number of halogens is 1. The number of benzene rings is 1. The lowest BCUT2D eigenvalue weighted by Crippen LogP contribution is -2.37. The van der Waals surface area contributed by atoms with Gasteiger partial charge in [-0.05, 0) is 42.3 Å². The molecule has 0 aliphatic carbocycles. The lowest BCUT2D eigenvalue weighted by atomic mass is 10.1. The van der Waals surface area contributed by atoms with Crippen molar-refractivity contribution in [2.45, 2.75) is 6.42 Å². The van der Waals surface area contributed by atoms with Gasteiger partial charge in [-0.3, -0.25) is 9.59 Å². The Morgan fingerprint density at radius 1 is 1.00 bits per heavy atom. The molecular formula is C18H19ClN2O4. The normalized spacial score (nSPS) is 15.0. The highest BCUT2D eigenvalue weighted by Gasteiger charge is 2.26. The van der Waals surface area contributed by atoms with Crippen LogP contribution in [0.15, 0.2) is 40.8 Å². The summed E-state index contributed by atoms with van der Waals surface area (Å²) in [4.78, 5) is 28.7. The van der Waals surface area contributed by atoms with Crippen molar-refractivity contribution in [2.75, 3.05) is 33.3 Å². The third-order valence-electron chi connectivity index (χ3n) is 4.19. The van der Waals surface area contributed by atoms with E-state index in [0.717, 1.165) is 0 Å². The number of carbonyl (C=O) groups excluding carboxylic acids is 2. The van der Waals surface area contributed by atoms with Crippen LogP contribution in [0.1, 0.15) is 27.3 Å². The topological polar surface area (TPSA) is 63.0 Å². The van der Waals surface area contributed by atoms with Gasteiger partial charge >= 0.3 is 0 Å². The first-order chi connectivity index (χ1) is 12.1. The molecule has 0 spiro atoms. The number of hydrogen-bond donors (Lipinski definition) is 0. The molecule has 1 aromatic heterocycles. The number of methoxy groups -OCH3 is 1. The van der Waals surface area contributed by atoms with Crippen molar-refractivity contribution in [1.82, 2.24) is 9.80 Å². The minimum Gasteiger partial charge on any atom is -0.496 e. The Morgan fingerprint density at radius 3 is 2.32 bits per heavy atom. The number of furan rings is 1. The van der Waals surface area contributed by atoms with Crippen LogP contribution in [0.3, 0.4) is 0 Å². The molecule has 25 heavy (non-hydrogen) atoms. The van der Waals surface area contributed by atoms with Crippen molar-refractivity contribution in [2.24, 2.45) is 0 Å². The molecule has 132 valence electrons. The van der Waals surface area contributed by atoms with Crippen molar-refractivity contribution in [3.8, 4) is 5.75 Å². The SMILES string of the molecule is COc1ccccc1C(=O)N1CCCN(C(=O)c2ccc(Cl)o2)CC1. The zero-order valence-corrected chi connectivity index (χ0v) is 14.7. The third-order valence-corrected chi connectivity index (χ3v) is 4.39. The fraction of sp³-hybridized carbons (Fsp3) is 0.333. The van der Waals surface area contributed by atoms with Crippen LogP contribution in [-0.4, -0.2) is 54.9 Å². The van der Waals surface area contributed by atoms with Crippen molar-refractivity contribution < 1.29 is 18.7 Å². The third kappa shape index (κ3) is 3.79. The van der Waals surface area contributed by atoms with Crippen LogP contribution in [-0.2, 0) is 0 Å². The molecule has 0 atom stereocenters. The Balaban J connectivity index is 1.69. The van der Waals surface area contributed by atoms with E-state index in [9.17, 15) is 9.59 Å². The summed E-state index contributed by atoms with van der Waals surface area (Å²) < 4.78 is 10.5. The van der Waals surface area contributed by atoms with Gasteiger partial charge in [-0.25, -0.2) is 0 Å². The molecule has 0 bridgehead atoms. The minimum atomic E-state index is -0.210. The van der Waals surface area contributed by atoms with Crippen molar-refractivity contribution in [3.05, 3.63) is 52.9 Å². The predicted molar refractivity (Wildman–Crippen MR) is 93.1 cm³/mol. The van der Waals surface area contributed by atoms with Gasteiger partial charge in [0.05, 0.1) is 12.7 Å². The number of para-hydroxylation sites is 1. The van der Waals surface area contributed by atoms with E-state index < -0.39 is 0 Å². The second-order valence-electron chi connectivity index (χ2n) is 5.74. The molecule has 6 nitrogen and oxygen atoms in total. The van der Waals surface area contributed by atoms with Crippen molar-refractivity contribution in [3.63, 3.8) is 0 Å². The lowest BCUT2D eigenvalue weighted by Gasteiger charge is -2.22. The molecule has 2 amide bonds. The summed E-state index contributed by atoms with van der Waals surface area (Å²) in [5, 5.41) is 0.186. The van der Waals surface area contributed by atoms with E-state index in [2.05, 4.69) is 0 Å². The van der Waals surface area contributed by atoms with Gasteiger partial charge in [-0.2, -0.15) is 0 Å². The highest BCUT2D eigenvalue weighted by atomic mass is 35.5. The number of carbonyl (C=O) groups is 2. The molecule has 0 unspecified atom stereocenters. The number of ether oxygens (including phenoxy) is 1. The van der Waals surface area contributed by atoms with E-state index in [1.807, 2.05) is 12.1 Å². The van der Waals surface area contributed by atoms with Crippen LogP contribution in [0.2, 0.25) is 5.22 Å². The molecule has 3 rings (SSSR count). The minimum absolute atomic E-state index is 0.0900. The number of hydrogen-bond acceptors (Lipinski definition) is 4. The summed E-state index contributed by atoms with van der Waals surface area (Å²) in [5.74, 6) is 0.468. The van der Waals surface area contributed by atoms with Crippen LogP contribution in [0.25, 0.3) is 0 Å². The second-order valence-corrected chi connectivity index (χ2v) is 6.11. The molecule has 7 heteroatoms. The predicted octanol–water partition coefficient (Wildman–Crippen LogP) is 2.93. The first-order valence-electron chi connectivity index (χ1n) is 8.07. The van der Waals surface area contributed by atoms with Crippen LogP contribution in [0.4, 0.5) is 0 Å². The average Bonchev–Trinajstić information content (AvgIpc) is 2.92. The van der Waals surface area contributed by atoms with E-state index in [1.165, 1.54) is 0 Å². The Morgan fingerprint density at radius 2 is 1.68 bits per heavy atom. The maximum absolute atomic E-state index is 12.8. The van der Waals surface area contributed by atoms with Crippen LogP contribution in [0, 0.1) is 0 Å². The highest BCUT2D eigenvalue weighted by Crippen LogP contribution is 2.21. The number of amides is 2. The number of rotatable bonds is 3. The monoisotopic (exact) mass is 362 g/mol. The van der Waals surface area contributed by atoms with Gasteiger partial charge in [0.25, 0.3) is 11.8 Å². The Kier molecular flexibility index (Phi) is 5.28. The summed E-state index contributed by atoms with van der Waals surface area (Å²) >= 11 is 5.73. The fourth-order valence-electron chi connectivity index (χ4n) is 2.90. The Hall–Kier alpha value is -2.47. The molecule has 1 aliphatic heterocycles. The average molecular weight is 363 g/mol. The molecule has 1 aliphatic rings. The summed E-state index contributed by atoms with van der Waals surface area (Å²) in [5.41, 5.74) is 0.530. The van der Waals surface area contributed by atoms with E-state index in [-0.39, 0.29) is 22.8 Å². The van der Waals surface area contributed by atoms with E-state index in [4.69, 9.17) is 20.8 Å². The second kappa shape index (κ2) is 7.61. The fourth-order valence-corrected chi connectivity index (χ4v) is 3.05. The zero-order valence-electron chi connectivity index (χ0n) is 13.9. The van der Waals surface area contributed by atoms with E-state index in [1.54, 1.807) is 41.2 Å². The standard InChI is InChI=1S/C18H19ClN2O4/c1-24-14-6-3-2-5-13(14)17(22)20-9-4-10-21(12-11-20)18(23)15-7-8-16(19)25-15/h2-3,5-8H,4,9-12H2,1H3. The van der Waals surface area contributed by atoms with Gasteiger partial charge in [-0.1, -0.05) is 12.1 Å². The van der Waals surface area contributed by atoms with Gasteiger partial charge < -0.3 is 19.0 Å². The summed E-state index contributed by atoms with van der Waals surface area (Å²) in [6.45, 7) is 2.04. The van der Waals surface area contributed by atoms with Gasteiger partial charge in [0, 0.05) is 26.2 Å². The van der Waals surface area contributed by atoms with Gasteiger partial charge in [0.2, 0.25) is 0 Å². The van der Waals surface area contributed by atoms with E-state index in [0.29, 0.717) is 43.9 Å². The first kappa shape index (κ1) is 17.4. The maximum atomic E-state index is 12.8. The molecule has 0 N–H and O–H groups in total. The van der Waals surface area contributed by atoms with Crippen LogP contribution < -0.4 is 4.74 Å². The van der Waals surface area contributed by atoms with Crippen LogP contribution >= 0.6 is 11.6 Å². The highest BCUT2D eigenvalue weighted by molar-refractivity contribution is 6.29. The molecule has 0 saturated carbocycles. The molecular weight excluding hydrogens is 344 g/mol. The van der Waals surface area contributed by atoms with Crippen LogP contribution in [0.5, 0.6) is 5.75 Å². The summed E-state index contributed by atoms with van der Waals surface area (Å²) in [6.07, 6.45) is 0.696. The molecule has 1 aromatic carbocycles. The van der Waals surface area contributed by atoms with Gasteiger partial charge in [-0.15, -0.1) is 0 Å². The Bertz CT molecular complexity index is 774. The van der Waals surface area contributed by atoms with Crippen molar-refractivity contribution in [1.29, 1.82) is 0 Å². The van der Waals surface area contributed by atoms with Crippen molar-refractivity contribution >= 4 is 23.4 Å². The smallest absolute Gasteiger partial charge is 0.289 e. The lowest BCUT2D eigenvalue weighted by molar-refractivity contribution is 0.0699. The molecule has 2 aromatic rings. The summed E-state index contributed by atoms with van der Waals surface area (Å²) in [7, 11) is 1.55. The molecule has 0 radical (unpaired) electrons. The van der Waals surface area contributed by atoms with E-state index >= 15 is 0 Å². The van der Waals surface area contributed by atoms with Gasteiger partial charge in [0.15, 0.2) is 11.0 Å². The Labute approximate surface area is 150 Å². The first-order valence-corrected chi connectivity index (χ1v) is 8.45. The maximum Gasteiger partial charge on any atom is 0.289 e. The quantitative estimate of drug-likeness (QED) is 0.842. The molecule has 1 fully saturated rings. The molecule has 2 heterocycles. The molecule has 1 saturated heterocycles.